The Bertz CT molecular complexity index is 1750. The summed E-state index contributed by atoms with van der Waals surface area (Å²) in [6.45, 7) is 0. The van der Waals surface area contributed by atoms with Gasteiger partial charge in [0.05, 0.1) is 26.5 Å². The average Bonchev–Trinajstić information content (AvgIpc) is 3.07. The predicted molar refractivity (Wildman–Crippen MR) is 172 cm³/mol. The Kier molecular flexibility index (Phi) is 8.86. The van der Waals surface area contributed by atoms with E-state index in [-0.39, 0.29) is 11.7 Å². The molecule has 1 unspecified atom stereocenters. The average molecular weight is 622 g/mol. The lowest BCUT2D eigenvalue weighted by molar-refractivity contribution is -0.119. The van der Waals surface area contributed by atoms with Crippen LogP contribution in [-0.2, 0) is 11.2 Å². The number of halogens is 4. The number of fused-ring (bicyclic) bond motifs is 2. The fourth-order valence-electron chi connectivity index (χ4n) is 4.66. The van der Waals surface area contributed by atoms with Crippen molar-refractivity contribution in [3.05, 3.63) is 140 Å². The van der Waals surface area contributed by atoms with Crippen molar-refractivity contribution in [1.29, 1.82) is 0 Å². The Morgan fingerprint density at radius 2 is 1.46 bits per heavy atom. The highest BCUT2D eigenvalue weighted by molar-refractivity contribution is 6.47. The Balaban J connectivity index is 0.000000321. The van der Waals surface area contributed by atoms with Crippen molar-refractivity contribution in [2.24, 2.45) is 4.99 Å². The molecule has 41 heavy (non-hydrogen) atoms. The highest BCUT2D eigenvalue weighted by Crippen LogP contribution is 2.32. The van der Waals surface area contributed by atoms with Crippen molar-refractivity contribution in [3.63, 3.8) is 0 Å². The quantitative estimate of drug-likeness (QED) is 0.204. The van der Waals surface area contributed by atoms with E-state index in [9.17, 15) is 9.90 Å². The maximum Gasteiger partial charge on any atom is 0.251 e. The molecule has 0 aliphatic carbocycles. The molecule has 5 aromatic carbocycles. The van der Waals surface area contributed by atoms with Gasteiger partial charge in [-0.1, -0.05) is 94.9 Å². The number of amides is 1. The van der Waals surface area contributed by atoms with E-state index in [2.05, 4.69) is 30.3 Å². The molecule has 5 aromatic rings. The fraction of sp³-hybridized carbons (Fsp3) is 0.0909. The molecule has 1 atom stereocenters. The molecule has 206 valence electrons. The topological polar surface area (TPSA) is 52.9 Å². The number of likely N-dealkylation sites (N-methyl/N-ethyl adjacent to an activating group) is 1. The van der Waals surface area contributed by atoms with Crippen LogP contribution in [0, 0.1) is 0 Å². The van der Waals surface area contributed by atoms with Gasteiger partial charge in [-0.15, -0.1) is 0 Å². The third kappa shape index (κ3) is 6.52. The molecule has 0 radical (unpaired) electrons. The SMILES string of the molecule is CN1C(=O)C(Cc2ccc3ccccc3c2)N=C(c2ccc(O)cc2)c2cc(Cl)ccc21.Clc1cccc(Cl)c1Cl. The summed E-state index contributed by atoms with van der Waals surface area (Å²) in [6, 6.07) is 31.3. The first-order valence-electron chi connectivity index (χ1n) is 12.7. The summed E-state index contributed by atoms with van der Waals surface area (Å²) < 4.78 is 0. The van der Waals surface area contributed by atoms with E-state index in [0.717, 1.165) is 33.2 Å². The molecule has 6 rings (SSSR count). The van der Waals surface area contributed by atoms with Crippen LogP contribution in [0.5, 0.6) is 5.75 Å². The Labute approximate surface area is 258 Å². The van der Waals surface area contributed by atoms with Gasteiger partial charge in [-0.3, -0.25) is 9.79 Å². The van der Waals surface area contributed by atoms with Crippen molar-refractivity contribution >= 4 is 74.5 Å². The Morgan fingerprint density at radius 1 is 0.780 bits per heavy atom. The third-order valence-corrected chi connectivity index (χ3v) is 8.23. The zero-order valence-corrected chi connectivity index (χ0v) is 24.9. The van der Waals surface area contributed by atoms with Gasteiger partial charge in [0.15, 0.2) is 0 Å². The van der Waals surface area contributed by atoms with Gasteiger partial charge in [-0.2, -0.15) is 0 Å². The molecule has 0 saturated carbocycles. The number of hydrogen-bond acceptors (Lipinski definition) is 3. The number of phenols is 1. The minimum Gasteiger partial charge on any atom is -0.508 e. The molecule has 0 spiro atoms. The lowest BCUT2D eigenvalue weighted by Gasteiger charge is -2.20. The van der Waals surface area contributed by atoms with Crippen LogP contribution >= 0.6 is 46.4 Å². The molecule has 0 bridgehead atoms. The van der Waals surface area contributed by atoms with Gasteiger partial charge in [0.25, 0.3) is 5.91 Å². The van der Waals surface area contributed by atoms with Crippen LogP contribution in [0.1, 0.15) is 16.7 Å². The molecule has 1 aliphatic rings. The Hall–Kier alpha value is -3.54. The smallest absolute Gasteiger partial charge is 0.251 e. The van der Waals surface area contributed by atoms with Gasteiger partial charge >= 0.3 is 0 Å². The summed E-state index contributed by atoms with van der Waals surface area (Å²) >= 11 is 23.1. The van der Waals surface area contributed by atoms with E-state index >= 15 is 0 Å². The lowest BCUT2D eigenvalue weighted by Crippen LogP contribution is -2.36. The molecular weight excluding hydrogens is 598 g/mol. The number of phenolic OH excluding ortho intramolecular Hbond substituents is 1. The highest BCUT2D eigenvalue weighted by Gasteiger charge is 2.30. The van der Waals surface area contributed by atoms with Crippen LogP contribution in [0.25, 0.3) is 10.8 Å². The zero-order valence-electron chi connectivity index (χ0n) is 21.9. The molecule has 1 aliphatic heterocycles. The van der Waals surface area contributed by atoms with Crippen LogP contribution in [0.3, 0.4) is 0 Å². The molecule has 4 nitrogen and oxygen atoms in total. The second-order valence-electron chi connectivity index (χ2n) is 9.52. The molecular formula is C33H24Cl4N2O2. The van der Waals surface area contributed by atoms with Gasteiger partial charge in [0.1, 0.15) is 11.8 Å². The lowest BCUT2D eigenvalue weighted by atomic mass is 9.99. The number of nitrogens with zero attached hydrogens (tertiary/aromatic N) is 2. The summed E-state index contributed by atoms with van der Waals surface area (Å²) in [6.07, 6.45) is 0.483. The maximum atomic E-state index is 13.4. The molecule has 1 N–H and O–H groups in total. The molecule has 1 heterocycles. The number of carbonyl (C=O) groups is 1. The summed E-state index contributed by atoms with van der Waals surface area (Å²) in [5.41, 5.74) is 4.10. The van der Waals surface area contributed by atoms with Crippen molar-refractivity contribution in [2.45, 2.75) is 12.5 Å². The van der Waals surface area contributed by atoms with E-state index in [4.69, 9.17) is 51.4 Å². The largest absolute Gasteiger partial charge is 0.508 e. The van der Waals surface area contributed by atoms with Crippen LogP contribution in [0.2, 0.25) is 20.1 Å². The maximum absolute atomic E-state index is 13.4. The minimum atomic E-state index is -0.587. The summed E-state index contributed by atoms with van der Waals surface area (Å²) in [5, 5.41) is 14.0. The number of anilines is 1. The van der Waals surface area contributed by atoms with E-state index in [1.54, 1.807) is 48.3 Å². The molecule has 0 saturated heterocycles. The van der Waals surface area contributed by atoms with Crippen molar-refractivity contribution in [1.82, 2.24) is 0 Å². The third-order valence-electron chi connectivity index (χ3n) is 6.76. The van der Waals surface area contributed by atoms with Crippen LogP contribution in [-0.4, -0.2) is 29.8 Å². The summed E-state index contributed by atoms with van der Waals surface area (Å²) in [7, 11) is 1.78. The van der Waals surface area contributed by atoms with E-state index < -0.39 is 6.04 Å². The fourth-order valence-corrected chi connectivity index (χ4v) is 5.36. The first-order chi connectivity index (χ1) is 19.7. The second kappa shape index (κ2) is 12.5. The number of rotatable bonds is 3. The normalized spacial score (nSPS) is 14.6. The van der Waals surface area contributed by atoms with Crippen molar-refractivity contribution < 1.29 is 9.90 Å². The van der Waals surface area contributed by atoms with Crippen molar-refractivity contribution in [2.75, 3.05) is 11.9 Å². The molecule has 0 aromatic heterocycles. The Morgan fingerprint density at radius 3 is 2.15 bits per heavy atom. The molecule has 8 heteroatoms. The summed E-state index contributed by atoms with van der Waals surface area (Å²) in [5.74, 6) is 0.103. The van der Waals surface area contributed by atoms with Gasteiger partial charge in [0, 0.05) is 29.6 Å². The molecule has 0 fully saturated rings. The minimum absolute atomic E-state index is 0.0736. The van der Waals surface area contributed by atoms with Crippen LogP contribution < -0.4 is 4.90 Å². The number of aromatic hydroxyl groups is 1. The van der Waals surface area contributed by atoms with Gasteiger partial charge in [-0.25, -0.2) is 0 Å². The number of aliphatic imine (C=N–C) groups is 1. The summed E-state index contributed by atoms with van der Waals surface area (Å²) in [4.78, 5) is 20.0. The molecule has 1 amide bonds. The first-order valence-corrected chi connectivity index (χ1v) is 14.2. The van der Waals surface area contributed by atoms with Gasteiger partial charge < -0.3 is 10.0 Å². The standard InChI is InChI=1S/C27H21ClN2O2.C6H3Cl3/c1-30-25-13-10-21(28)16-23(25)26(19-8-11-22(31)12-9-19)29-24(27(30)32)15-17-6-7-18-4-2-3-5-20(18)14-17;7-4-2-1-3-5(8)6(4)9/h2-14,16,24,31H,15H2,1H3;1-3H. The van der Waals surface area contributed by atoms with Gasteiger partial charge in [-0.05, 0) is 70.9 Å². The van der Waals surface area contributed by atoms with E-state index in [0.29, 0.717) is 32.2 Å². The monoisotopic (exact) mass is 620 g/mol. The number of benzodiazepines with no additional fused rings is 1. The van der Waals surface area contributed by atoms with Gasteiger partial charge in [0.2, 0.25) is 0 Å². The number of benzene rings is 5. The second-order valence-corrected chi connectivity index (χ2v) is 11.1. The van der Waals surface area contributed by atoms with E-state index in [1.807, 2.05) is 36.4 Å². The highest BCUT2D eigenvalue weighted by atomic mass is 35.5. The van der Waals surface area contributed by atoms with E-state index in [1.165, 1.54) is 0 Å². The van der Waals surface area contributed by atoms with Crippen LogP contribution in [0.4, 0.5) is 5.69 Å². The van der Waals surface area contributed by atoms with Crippen molar-refractivity contribution in [3.8, 4) is 5.75 Å². The predicted octanol–water partition coefficient (Wildman–Crippen LogP) is 9.27. The number of carbonyl (C=O) groups excluding carboxylic acids is 1. The zero-order chi connectivity index (χ0) is 29.1. The first kappa shape index (κ1) is 29.0. The van der Waals surface area contributed by atoms with Crippen LogP contribution in [0.15, 0.2) is 108 Å². The number of hydrogen-bond donors (Lipinski definition) is 1.